The molecular weight excluding hydrogens is 262 g/mol. The van der Waals surface area contributed by atoms with Crippen molar-refractivity contribution in [2.24, 2.45) is 0 Å². The fourth-order valence-corrected chi connectivity index (χ4v) is 2.94. The van der Waals surface area contributed by atoms with Crippen molar-refractivity contribution in [2.75, 3.05) is 14.2 Å². The summed E-state index contributed by atoms with van der Waals surface area (Å²) in [7, 11) is 3.26. The second kappa shape index (κ2) is 5.25. The Bertz CT molecular complexity index is 623. The number of pyridine rings is 1. The van der Waals surface area contributed by atoms with Gasteiger partial charge in [-0.05, 0) is 30.5 Å². The molecule has 1 aromatic carbocycles. The highest BCUT2D eigenvalue weighted by molar-refractivity contribution is 6.37. The maximum absolute atomic E-state index is 6.58. The molecule has 0 aliphatic carbocycles. The van der Waals surface area contributed by atoms with Crippen LogP contribution in [0, 0.1) is 6.92 Å². The number of rotatable bonds is 3. The number of hydrogen-bond donors (Lipinski definition) is 0. The quantitative estimate of drug-likeness (QED) is 0.838. The number of aromatic nitrogens is 1. The molecule has 0 aliphatic rings. The van der Waals surface area contributed by atoms with E-state index in [0.717, 1.165) is 27.9 Å². The molecule has 0 radical (unpaired) electrons. The summed E-state index contributed by atoms with van der Waals surface area (Å²) in [5, 5.41) is 1.52. The van der Waals surface area contributed by atoms with Gasteiger partial charge in [0.25, 0.3) is 0 Å². The van der Waals surface area contributed by atoms with E-state index in [0.29, 0.717) is 16.7 Å². The number of fused-ring (bicyclic) bond motifs is 1. The molecule has 0 unspecified atom stereocenters. The van der Waals surface area contributed by atoms with Crippen LogP contribution in [0.1, 0.15) is 31.0 Å². The smallest absolute Gasteiger partial charge is 0.145 e. The van der Waals surface area contributed by atoms with Crippen molar-refractivity contribution in [2.45, 2.75) is 26.7 Å². The van der Waals surface area contributed by atoms with Crippen molar-refractivity contribution in [1.82, 2.24) is 4.98 Å². The minimum absolute atomic E-state index is 0.306. The van der Waals surface area contributed by atoms with E-state index in [-0.39, 0.29) is 0 Å². The maximum atomic E-state index is 6.58. The predicted octanol–water partition coefficient (Wildman–Crippen LogP) is 4.34. The molecule has 0 atom stereocenters. The molecule has 2 rings (SSSR count). The normalized spacial score (nSPS) is 11.1. The number of nitrogens with zero attached hydrogens (tertiary/aromatic N) is 1. The Morgan fingerprint density at radius 3 is 2.21 bits per heavy atom. The third-order valence-electron chi connectivity index (χ3n) is 3.25. The van der Waals surface area contributed by atoms with Crippen LogP contribution < -0.4 is 9.47 Å². The number of methoxy groups -OCH3 is 2. The first kappa shape index (κ1) is 13.9. The van der Waals surface area contributed by atoms with Crippen molar-refractivity contribution in [3.05, 3.63) is 28.4 Å². The van der Waals surface area contributed by atoms with Crippen LogP contribution in [0.4, 0.5) is 0 Å². The van der Waals surface area contributed by atoms with Crippen LogP contribution in [0.2, 0.25) is 5.02 Å². The van der Waals surface area contributed by atoms with E-state index >= 15 is 0 Å². The van der Waals surface area contributed by atoms with Gasteiger partial charge in [0.1, 0.15) is 17.0 Å². The van der Waals surface area contributed by atoms with Crippen LogP contribution in [0.25, 0.3) is 10.9 Å². The lowest BCUT2D eigenvalue weighted by atomic mass is 9.99. The molecule has 0 aliphatic heterocycles. The molecule has 1 aromatic heterocycles. The SMILES string of the molecule is COc1ccc(OC)c2c(Cl)c(C(C)C)c(C)nc12. The first-order valence-electron chi connectivity index (χ1n) is 6.21. The average molecular weight is 280 g/mol. The Labute approximate surface area is 118 Å². The fraction of sp³-hybridized carbons (Fsp3) is 0.400. The van der Waals surface area contributed by atoms with Crippen molar-refractivity contribution in [3.8, 4) is 11.5 Å². The van der Waals surface area contributed by atoms with Gasteiger partial charge in [-0.2, -0.15) is 0 Å². The minimum Gasteiger partial charge on any atom is -0.496 e. The molecule has 2 aromatic rings. The topological polar surface area (TPSA) is 31.4 Å². The minimum atomic E-state index is 0.306. The summed E-state index contributed by atoms with van der Waals surface area (Å²) in [6, 6.07) is 3.70. The monoisotopic (exact) mass is 279 g/mol. The van der Waals surface area contributed by atoms with Gasteiger partial charge < -0.3 is 9.47 Å². The molecule has 102 valence electrons. The Morgan fingerprint density at radius 1 is 1.11 bits per heavy atom. The molecule has 0 N–H and O–H groups in total. The van der Waals surface area contributed by atoms with Gasteiger partial charge in [-0.3, -0.25) is 0 Å². The molecule has 0 saturated carbocycles. The highest BCUT2D eigenvalue weighted by atomic mass is 35.5. The van der Waals surface area contributed by atoms with E-state index in [1.807, 2.05) is 19.1 Å². The van der Waals surface area contributed by atoms with E-state index < -0.39 is 0 Å². The van der Waals surface area contributed by atoms with Crippen LogP contribution in [-0.2, 0) is 0 Å². The molecule has 0 amide bonds. The van der Waals surface area contributed by atoms with Crippen LogP contribution in [0.15, 0.2) is 12.1 Å². The summed E-state index contributed by atoms with van der Waals surface area (Å²) >= 11 is 6.58. The van der Waals surface area contributed by atoms with Gasteiger partial charge >= 0.3 is 0 Å². The molecule has 0 fully saturated rings. The van der Waals surface area contributed by atoms with E-state index in [1.165, 1.54) is 0 Å². The number of aryl methyl sites for hydroxylation is 1. The maximum Gasteiger partial charge on any atom is 0.145 e. The highest BCUT2D eigenvalue weighted by Gasteiger charge is 2.19. The second-order valence-electron chi connectivity index (χ2n) is 4.77. The zero-order valence-electron chi connectivity index (χ0n) is 11.9. The summed E-state index contributed by atoms with van der Waals surface area (Å²) < 4.78 is 10.8. The molecule has 1 heterocycles. The Kier molecular flexibility index (Phi) is 3.85. The van der Waals surface area contributed by atoms with Crippen LogP contribution in [-0.4, -0.2) is 19.2 Å². The van der Waals surface area contributed by atoms with Gasteiger partial charge in [-0.15, -0.1) is 0 Å². The van der Waals surface area contributed by atoms with Crippen LogP contribution in [0.5, 0.6) is 11.5 Å². The third kappa shape index (κ3) is 2.23. The van der Waals surface area contributed by atoms with Crippen molar-refractivity contribution < 1.29 is 9.47 Å². The molecule has 19 heavy (non-hydrogen) atoms. The number of halogens is 1. The van der Waals surface area contributed by atoms with E-state index in [9.17, 15) is 0 Å². The van der Waals surface area contributed by atoms with Gasteiger partial charge in [0.05, 0.1) is 24.6 Å². The summed E-state index contributed by atoms with van der Waals surface area (Å²) in [4.78, 5) is 4.65. The molecular formula is C15H18ClNO2. The largest absolute Gasteiger partial charge is 0.496 e. The van der Waals surface area contributed by atoms with Gasteiger partial charge in [0.2, 0.25) is 0 Å². The van der Waals surface area contributed by atoms with Crippen molar-refractivity contribution in [1.29, 1.82) is 0 Å². The Balaban J connectivity index is 2.94. The number of ether oxygens (including phenoxy) is 2. The molecule has 0 spiro atoms. The molecule has 4 heteroatoms. The van der Waals surface area contributed by atoms with Gasteiger partial charge in [-0.1, -0.05) is 25.4 Å². The summed E-state index contributed by atoms with van der Waals surface area (Å²) in [6.07, 6.45) is 0. The van der Waals surface area contributed by atoms with Crippen molar-refractivity contribution >= 4 is 22.5 Å². The predicted molar refractivity (Wildman–Crippen MR) is 78.7 cm³/mol. The standard InChI is InChI=1S/C15H18ClNO2/c1-8(2)12-9(3)17-15-11(19-5)7-6-10(18-4)13(15)14(12)16/h6-8H,1-5H3. The summed E-state index contributed by atoms with van der Waals surface area (Å²) in [5.41, 5.74) is 2.73. The molecule has 0 bridgehead atoms. The van der Waals surface area contributed by atoms with E-state index in [1.54, 1.807) is 14.2 Å². The zero-order chi connectivity index (χ0) is 14.2. The first-order valence-corrected chi connectivity index (χ1v) is 6.59. The van der Waals surface area contributed by atoms with E-state index in [2.05, 4.69) is 18.8 Å². The summed E-state index contributed by atoms with van der Waals surface area (Å²) in [6.45, 7) is 6.18. The van der Waals surface area contributed by atoms with Gasteiger partial charge in [0.15, 0.2) is 0 Å². The van der Waals surface area contributed by atoms with Crippen LogP contribution >= 0.6 is 11.6 Å². The van der Waals surface area contributed by atoms with Crippen LogP contribution in [0.3, 0.4) is 0 Å². The number of hydrogen-bond acceptors (Lipinski definition) is 3. The lowest BCUT2D eigenvalue weighted by Crippen LogP contribution is -2.01. The third-order valence-corrected chi connectivity index (χ3v) is 3.64. The Hall–Kier alpha value is -1.48. The lowest BCUT2D eigenvalue weighted by Gasteiger charge is -2.17. The Morgan fingerprint density at radius 2 is 1.68 bits per heavy atom. The highest BCUT2D eigenvalue weighted by Crippen LogP contribution is 2.41. The molecule has 0 saturated heterocycles. The zero-order valence-corrected chi connectivity index (χ0v) is 12.6. The van der Waals surface area contributed by atoms with Gasteiger partial charge in [-0.25, -0.2) is 4.98 Å². The lowest BCUT2D eigenvalue weighted by molar-refractivity contribution is 0.409. The van der Waals surface area contributed by atoms with E-state index in [4.69, 9.17) is 21.1 Å². The average Bonchev–Trinajstić information content (AvgIpc) is 2.36. The van der Waals surface area contributed by atoms with Gasteiger partial charge in [0, 0.05) is 5.69 Å². The fourth-order valence-electron chi connectivity index (χ4n) is 2.40. The molecule has 3 nitrogen and oxygen atoms in total. The van der Waals surface area contributed by atoms with Crippen molar-refractivity contribution in [3.63, 3.8) is 0 Å². The first-order chi connectivity index (χ1) is 9.01. The number of benzene rings is 1. The summed E-state index contributed by atoms with van der Waals surface area (Å²) in [5.74, 6) is 1.73. The second-order valence-corrected chi connectivity index (χ2v) is 5.15.